The molecule has 1 atom stereocenters. The monoisotopic (exact) mass is 396 g/mol. The Hall–Kier alpha value is -2.86. The van der Waals surface area contributed by atoms with Gasteiger partial charge in [-0.15, -0.1) is 0 Å². The molecule has 2 aromatic carbocycles. The van der Waals surface area contributed by atoms with E-state index in [0.717, 1.165) is 29.7 Å². The maximum atomic E-state index is 12.8. The van der Waals surface area contributed by atoms with Gasteiger partial charge in [-0.25, -0.2) is 4.79 Å². The second-order valence-electron chi connectivity index (χ2n) is 7.53. The number of carbonyl (C=O) groups is 2. The van der Waals surface area contributed by atoms with E-state index in [9.17, 15) is 9.59 Å². The van der Waals surface area contributed by atoms with Crippen LogP contribution in [0.4, 0.5) is 0 Å². The predicted molar refractivity (Wildman–Crippen MR) is 110 cm³/mol. The highest BCUT2D eigenvalue weighted by Crippen LogP contribution is 2.27. The van der Waals surface area contributed by atoms with E-state index in [1.807, 2.05) is 54.6 Å². The quantitative estimate of drug-likeness (QED) is 0.670. The summed E-state index contributed by atoms with van der Waals surface area (Å²) in [6.07, 6.45) is 3.43. The summed E-state index contributed by atoms with van der Waals surface area (Å²) in [5, 5.41) is 2.84. The maximum absolute atomic E-state index is 12.8. The van der Waals surface area contributed by atoms with Crippen LogP contribution >= 0.6 is 0 Å². The molecule has 1 aliphatic rings. The lowest BCUT2D eigenvalue weighted by molar-refractivity contribution is -0.149. The number of methoxy groups -OCH3 is 1. The summed E-state index contributed by atoms with van der Waals surface area (Å²) in [4.78, 5) is 25.6. The number of hydrogen-bond acceptors (Lipinski definition) is 5. The molecule has 154 valence electrons. The smallest absolute Gasteiger partial charge is 0.329 e. The van der Waals surface area contributed by atoms with Crippen molar-refractivity contribution in [2.24, 2.45) is 5.73 Å². The first-order valence-corrected chi connectivity index (χ1v) is 9.93. The van der Waals surface area contributed by atoms with E-state index in [4.69, 9.17) is 15.2 Å². The lowest BCUT2D eigenvalue weighted by atomic mass is 9.96. The van der Waals surface area contributed by atoms with Gasteiger partial charge in [0.2, 0.25) is 5.91 Å². The minimum atomic E-state index is -0.905. The fourth-order valence-electron chi connectivity index (χ4n) is 3.55. The number of nitrogens with one attached hydrogen (secondary N) is 1. The third kappa shape index (κ3) is 5.57. The minimum absolute atomic E-state index is 0.155. The number of hydrogen-bond donors (Lipinski definition) is 2. The van der Waals surface area contributed by atoms with Crippen molar-refractivity contribution in [3.05, 3.63) is 65.7 Å². The standard InChI is InChI=1S/C23H28N2O4/c1-28-19-11-9-17(10-12-19)15-20(25-22(27)23(24)13-5-6-14-23)21(26)29-16-18-7-3-2-4-8-18/h2-4,7-12,20H,5-6,13-16,24H2,1H3,(H,25,27)/t20-/m0/s1. The summed E-state index contributed by atoms with van der Waals surface area (Å²) in [6.45, 7) is 0.155. The molecule has 0 aliphatic heterocycles. The number of carbonyl (C=O) groups excluding carboxylic acids is 2. The van der Waals surface area contributed by atoms with Crippen LogP contribution < -0.4 is 15.8 Å². The van der Waals surface area contributed by atoms with E-state index >= 15 is 0 Å². The fraction of sp³-hybridized carbons (Fsp3) is 0.391. The van der Waals surface area contributed by atoms with Crippen molar-refractivity contribution in [2.45, 2.75) is 50.3 Å². The Morgan fingerprint density at radius 1 is 1.03 bits per heavy atom. The molecule has 1 amide bonds. The summed E-state index contributed by atoms with van der Waals surface area (Å²) < 4.78 is 10.7. The molecule has 6 heteroatoms. The van der Waals surface area contributed by atoms with Crippen molar-refractivity contribution < 1.29 is 19.1 Å². The zero-order valence-electron chi connectivity index (χ0n) is 16.7. The number of ether oxygens (including phenoxy) is 2. The summed E-state index contributed by atoms with van der Waals surface area (Å²) in [5.41, 5.74) is 7.15. The molecule has 0 bridgehead atoms. The minimum Gasteiger partial charge on any atom is -0.497 e. The van der Waals surface area contributed by atoms with Gasteiger partial charge in [0.15, 0.2) is 0 Å². The van der Waals surface area contributed by atoms with Gasteiger partial charge in [-0.1, -0.05) is 55.3 Å². The Morgan fingerprint density at radius 3 is 2.31 bits per heavy atom. The number of esters is 1. The van der Waals surface area contributed by atoms with E-state index < -0.39 is 17.6 Å². The molecule has 0 saturated heterocycles. The average molecular weight is 396 g/mol. The second kappa shape index (κ2) is 9.56. The van der Waals surface area contributed by atoms with Crippen LogP contribution in [-0.4, -0.2) is 30.6 Å². The first-order chi connectivity index (χ1) is 14.0. The molecule has 3 N–H and O–H groups in total. The molecule has 1 fully saturated rings. The lowest BCUT2D eigenvalue weighted by Gasteiger charge is -2.26. The van der Waals surface area contributed by atoms with Gasteiger partial charge in [0.1, 0.15) is 18.4 Å². The van der Waals surface area contributed by atoms with E-state index in [1.165, 1.54) is 0 Å². The summed E-state index contributed by atoms with van der Waals surface area (Å²) in [5.74, 6) is -0.0300. The van der Waals surface area contributed by atoms with E-state index in [1.54, 1.807) is 7.11 Å². The highest BCUT2D eigenvalue weighted by molar-refractivity contribution is 5.90. The van der Waals surface area contributed by atoms with Crippen molar-refractivity contribution in [3.63, 3.8) is 0 Å². The number of nitrogens with two attached hydrogens (primary N) is 1. The van der Waals surface area contributed by atoms with Gasteiger partial charge in [0.05, 0.1) is 12.6 Å². The summed E-state index contributed by atoms with van der Waals surface area (Å²) in [7, 11) is 1.60. The van der Waals surface area contributed by atoms with Gasteiger partial charge >= 0.3 is 5.97 Å². The SMILES string of the molecule is COc1ccc(C[C@H](NC(=O)C2(N)CCCC2)C(=O)OCc2ccccc2)cc1. The molecule has 1 saturated carbocycles. The number of amides is 1. The van der Waals surface area contributed by atoms with Crippen molar-refractivity contribution >= 4 is 11.9 Å². The highest BCUT2D eigenvalue weighted by atomic mass is 16.5. The highest BCUT2D eigenvalue weighted by Gasteiger charge is 2.39. The number of rotatable bonds is 8. The largest absolute Gasteiger partial charge is 0.497 e. The summed E-state index contributed by atoms with van der Waals surface area (Å²) in [6, 6.07) is 16.0. The van der Waals surface area contributed by atoms with Gasteiger partial charge in [-0.3, -0.25) is 4.79 Å². The topological polar surface area (TPSA) is 90.6 Å². The van der Waals surface area contributed by atoms with Gasteiger partial charge in [-0.2, -0.15) is 0 Å². The van der Waals surface area contributed by atoms with Gasteiger partial charge in [0.25, 0.3) is 0 Å². The Morgan fingerprint density at radius 2 is 1.69 bits per heavy atom. The lowest BCUT2D eigenvalue weighted by Crippen LogP contribution is -2.56. The van der Waals surface area contributed by atoms with Crippen LogP contribution in [0, 0.1) is 0 Å². The molecule has 0 heterocycles. The van der Waals surface area contributed by atoms with Crippen LogP contribution in [0.15, 0.2) is 54.6 Å². The second-order valence-corrected chi connectivity index (χ2v) is 7.53. The molecule has 6 nitrogen and oxygen atoms in total. The molecule has 1 aliphatic carbocycles. The number of benzene rings is 2. The van der Waals surface area contributed by atoms with Crippen molar-refractivity contribution in [1.82, 2.24) is 5.32 Å². The Labute approximate surface area is 171 Å². The van der Waals surface area contributed by atoms with Gasteiger partial charge in [-0.05, 0) is 36.1 Å². The first kappa shape index (κ1) is 20.9. The van der Waals surface area contributed by atoms with Crippen LogP contribution in [0.5, 0.6) is 5.75 Å². The molecule has 0 aromatic heterocycles. The fourth-order valence-corrected chi connectivity index (χ4v) is 3.55. The first-order valence-electron chi connectivity index (χ1n) is 9.93. The zero-order valence-corrected chi connectivity index (χ0v) is 16.7. The maximum Gasteiger partial charge on any atom is 0.329 e. The van der Waals surface area contributed by atoms with Gasteiger partial charge < -0.3 is 20.5 Å². The van der Waals surface area contributed by atoms with E-state index in [-0.39, 0.29) is 12.5 Å². The van der Waals surface area contributed by atoms with Crippen molar-refractivity contribution in [1.29, 1.82) is 0 Å². The van der Waals surface area contributed by atoms with Crippen LogP contribution in [0.3, 0.4) is 0 Å². The van der Waals surface area contributed by atoms with Crippen LogP contribution in [0.2, 0.25) is 0 Å². The van der Waals surface area contributed by atoms with Crippen molar-refractivity contribution in [2.75, 3.05) is 7.11 Å². The van der Waals surface area contributed by atoms with Crippen LogP contribution in [-0.2, 0) is 27.4 Å². The predicted octanol–water partition coefficient (Wildman–Crippen LogP) is 2.74. The van der Waals surface area contributed by atoms with E-state index in [0.29, 0.717) is 19.3 Å². The molecule has 0 unspecified atom stereocenters. The molecular formula is C23H28N2O4. The van der Waals surface area contributed by atoms with E-state index in [2.05, 4.69) is 5.32 Å². The normalized spacial score (nSPS) is 16.1. The van der Waals surface area contributed by atoms with Crippen molar-refractivity contribution in [3.8, 4) is 5.75 Å². The molecule has 0 spiro atoms. The Kier molecular flexibility index (Phi) is 6.88. The van der Waals surface area contributed by atoms with Crippen LogP contribution in [0.1, 0.15) is 36.8 Å². The summed E-state index contributed by atoms with van der Waals surface area (Å²) >= 11 is 0. The molecule has 2 aromatic rings. The zero-order chi connectivity index (χ0) is 20.7. The molecular weight excluding hydrogens is 368 g/mol. The Balaban J connectivity index is 1.70. The molecule has 0 radical (unpaired) electrons. The van der Waals surface area contributed by atoms with Crippen LogP contribution in [0.25, 0.3) is 0 Å². The molecule has 29 heavy (non-hydrogen) atoms. The average Bonchev–Trinajstić information content (AvgIpc) is 3.20. The van der Waals surface area contributed by atoms with Gasteiger partial charge in [0, 0.05) is 6.42 Å². The Bertz CT molecular complexity index is 815. The third-order valence-corrected chi connectivity index (χ3v) is 5.36. The molecule has 3 rings (SSSR count). The third-order valence-electron chi connectivity index (χ3n) is 5.36.